The van der Waals surface area contributed by atoms with Crippen LogP contribution in [0.4, 0.5) is 4.79 Å². The average Bonchev–Trinajstić information content (AvgIpc) is 2.13. The molecule has 18 heavy (non-hydrogen) atoms. The van der Waals surface area contributed by atoms with Gasteiger partial charge in [-0.2, -0.15) is 0 Å². The van der Waals surface area contributed by atoms with Crippen LogP contribution in [0.25, 0.3) is 0 Å². The van der Waals surface area contributed by atoms with Crippen molar-refractivity contribution in [2.24, 2.45) is 0 Å². The van der Waals surface area contributed by atoms with Crippen LogP contribution in [0.15, 0.2) is 0 Å². The average molecular weight is 279 g/mol. The van der Waals surface area contributed by atoms with E-state index >= 15 is 0 Å². The lowest BCUT2D eigenvalue weighted by atomic mass is 10.2. The fraction of sp³-hybridized carbons (Fsp3) is 0.800. The van der Waals surface area contributed by atoms with Crippen LogP contribution in [-0.4, -0.2) is 60.2 Å². The van der Waals surface area contributed by atoms with E-state index in [4.69, 9.17) is 9.84 Å². The van der Waals surface area contributed by atoms with Crippen LogP contribution in [0.2, 0.25) is 0 Å². The lowest BCUT2D eigenvalue weighted by Gasteiger charge is -2.32. The molecule has 104 valence electrons. The quantitative estimate of drug-likeness (QED) is 0.730. The smallest absolute Gasteiger partial charge is 0.410 e. The van der Waals surface area contributed by atoms with Crippen LogP contribution in [0, 0.1) is 0 Å². The van der Waals surface area contributed by atoms with Crippen LogP contribution >= 0.6 is 0 Å². The van der Waals surface area contributed by atoms with E-state index in [0.29, 0.717) is 0 Å². The molecule has 0 aromatic rings. The van der Waals surface area contributed by atoms with Crippen molar-refractivity contribution in [3.05, 3.63) is 0 Å². The van der Waals surface area contributed by atoms with Crippen molar-refractivity contribution < 1.29 is 27.9 Å². The molecule has 0 spiro atoms. The van der Waals surface area contributed by atoms with Crippen LogP contribution in [0.3, 0.4) is 0 Å². The van der Waals surface area contributed by atoms with Crippen LogP contribution < -0.4 is 0 Å². The molecule has 1 fully saturated rings. The Bertz CT molecular complexity index is 449. The number of aliphatic carboxylic acids is 1. The number of nitrogens with zero attached hydrogens (tertiary/aromatic N) is 1. The highest BCUT2D eigenvalue weighted by Gasteiger charge is 2.40. The topological polar surface area (TPSA) is 101 Å². The van der Waals surface area contributed by atoms with E-state index in [9.17, 15) is 18.0 Å². The maximum absolute atomic E-state index is 11.7. The zero-order chi connectivity index (χ0) is 14.1. The van der Waals surface area contributed by atoms with E-state index in [1.54, 1.807) is 20.8 Å². The Balaban J connectivity index is 2.79. The number of rotatable bonds is 1. The summed E-state index contributed by atoms with van der Waals surface area (Å²) in [5.74, 6) is -1.80. The van der Waals surface area contributed by atoms with E-state index < -0.39 is 32.8 Å². The minimum Gasteiger partial charge on any atom is -0.480 e. The van der Waals surface area contributed by atoms with E-state index in [-0.39, 0.29) is 18.8 Å². The molecule has 1 aliphatic rings. The van der Waals surface area contributed by atoms with Crippen LogP contribution in [0.5, 0.6) is 0 Å². The normalized spacial score (nSPS) is 23.5. The maximum atomic E-state index is 11.7. The SMILES string of the molecule is CC(C)(C)OC(=O)N1CCS(=O)(=O)C(C(=O)O)C1. The Morgan fingerprint density at radius 1 is 1.33 bits per heavy atom. The third-order valence-electron chi connectivity index (χ3n) is 2.39. The summed E-state index contributed by atoms with van der Waals surface area (Å²) in [5.41, 5.74) is -0.702. The van der Waals surface area contributed by atoms with Gasteiger partial charge in [-0.3, -0.25) is 4.79 Å². The van der Waals surface area contributed by atoms with Gasteiger partial charge >= 0.3 is 12.1 Å². The van der Waals surface area contributed by atoms with Gasteiger partial charge in [0.05, 0.1) is 12.3 Å². The molecule has 0 aromatic carbocycles. The number of carbonyl (C=O) groups is 2. The van der Waals surface area contributed by atoms with Gasteiger partial charge in [0.1, 0.15) is 5.60 Å². The molecule has 0 bridgehead atoms. The van der Waals surface area contributed by atoms with Crippen molar-refractivity contribution in [1.29, 1.82) is 0 Å². The largest absolute Gasteiger partial charge is 0.480 e. The van der Waals surface area contributed by atoms with Crippen LogP contribution in [0.1, 0.15) is 20.8 Å². The first-order chi connectivity index (χ1) is 8.03. The molecule has 1 unspecified atom stereocenters. The molecule has 1 rings (SSSR count). The molecule has 1 N–H and O–H groups in total. The van der Waals surface area contributed by atoms with Gasteiger partial charge in [-0.15, -0.1) is 0 Å². The Morgan fingerprint density at radius 2 is 1.89 bits per heavy atom. The summed E-state index contributed by atoms with van der Waals surface area (Å²) >= 11 is 0. The van der Waals surface area contributed by atoms with Gasteiger partial charge in [0.25, 0.3) is 0 Å². The van der Waals surface area contributed by atoms with Gasteiger partial charge in [-0.05, 0) is 20.8 Å². The predicted octanol–water partition coefficient (Wildman–Crippen LogP) is 0.105. The van der Waals surface area contributed by atoms with Crippen molar-refractivity contribution >= 4 is 21.9 Å². The molecule has 1 atom stereocenters. The lowest BCUT2D eigenvalue weighted by Crippen LogP contribution is -2.53. The number of hydrogen-bond acceptors (Lipinski definition) is 5. The van der Waals surface area contributed by atoms with E-state index in [1.807, 2.05) is 0 Å². The van der Waals surface area contributed by atoms with Gasteiger partial charge in [0.15, 0.2) is 15.1 Å². The molecule has 0 saturated carbocycles. The van der Waals surface area contributed by atoms with Gasteiger partial charge in [-0.1, -0.05) is 0 Å². The highest BCUT2D eigenvalue weighted by molar-refractivity contribution is 7.92. The monoisotopic (exact) mass is 279 g/mol. The number of ether oxygens (including phenoxy) is 1. The molecule has 1 heterocycles. The molecule has 8 heteroatoms. The number of hydrogen-bond donors (Lipinski definition) is 1. The summed E-state index contributed by atoms with van der Waals surface area (Å²) in [6.07, 6.45) is -0.691. The molecule has 7 nitrogen and oxygen atoms in total. The second-order valence-electron chi connectivity index (χ2n) is 5.12. The molecule has 0 radical (unpaired) electrons. The van der Waals surface area contributed by atoms with Crippen molar-refractivity contribution in [1.82, 2.24) is 4.90 Å². The number of carbonyl (C=O) groups excluding carboxylic acids is 1. The summed E-state index contributed by atoms with van der Waals surface area (Å²) in [6.45, 7) is 4.63. The molecule has 1 aliphatic heterocycles. The van der Waals surface area contributed by atoms with E-state index in [2.05, 4.69) is 0 Å². The first-order valence-electron chi connectivity index (χ1n) is 5.45. The van der Waals surface area contributed by atoms with Gasteiger partial charge in [0.2, 0.25) is 0 Å². The minimum atomic E-state index is -3.68. The first kappa shape index (κ1) is 14.7. The van der Waals surface area contributed by atoms with Crippen molar-refractivity contribution in [3.63, 3.8) is 0 Å². The fourth-order valence-electron chi connectivity index (χ4n) is 1.51. The zero-order valence-corrected chi connectivity index (χ0v) is 11.4. The summed E-state index contributed by atoms with van der Waals surface area (Å²) in [4.78, 5) is 23.7. The van der Waals surface area contributed by atoms with Crippen molar-refractivity contribution in [2.75, 3.05) is 18.8 Å². The predicted molar refractivity (Wildman–Crippen MR) is 63.0 cm³/mol. The number of carboxylic acids is 1. The Hall–Kier alpha value is -1.31. The summed E-state index contributed by atoms with van der Waals surface area (Å²) in [5, 5.41) is 7.28. The molecular weight excluding hydrogens is 262 g/mol. The number of sulfone groups is 1. The minimum absolute atomic E-state index is 0.0406. The molecule has 0 aromatic heterocycles. The molecule has 1 saturated heterocycles. The lowest BCUT2D eigenvalue weighted by molar-refractivity contribution is -0.136. The Labute approximate surface area is 106 Å². The Morgan fingerprint density at radius 3 is 2.33 bits per heavy atom. The Kier molecular flexibility index (Phi) is 3.89. The van der Waals surface area contributed by atoms with Crippen molar-refractivity contribution in [2.45, 2.75) is 31.6 Å². The standard InChI is InChI=1S/C10H17NO6S/c1-10(2,3)17-9(14)11-4-5-18(15,16)7(6-11)8(12)13/h7H,4-6H2,1-3H3,(H,12,13). The molecule has 1 amide bonds. The van der Waals surface area contributed by atoms with Gasteiger partial charge in [0, 0.05) is 6.54 Å². The molecular formula is C10H17NO6S. The van der Waals surface area contributed by atoms with Gasteiger partial charge in [-0.25, -0.2) is 13.2 Å². The molecule has 0 aliphatic carbocycles. The first-order valence-corrected chi connectivity index (χ1v) is 7.17. The summed E-state index contributed by atoms with van der Waals surface area (Å²) in [7, 11) is -3.68. The van der Waals surface area contributed by atoms with Gasteiger partial charge < -0.3 is 14.7 Å². The second kappa shape index (κ2) is 4.75. The van der Waals surface area contributed by atoms with E-state index in [1.165, 1.54) is 0 Å². The number of amides is 1. The van der Waals surface area contributed by atoms with E-state index in [0.717, 1.165) is 4.90 Å². The second-order valence-corrected chi connectivity index (χ2v) is 7.42. The summed E-state index contributed by atoms with van der Waals surface area (Å²) in [6, 6.07) is 0. The fourth-order valence-corrected chi connectivity index (χ4v) is 2.98. The third-order valence-corrected chi connectivity index (χ3v) is 4.36. The van der Waals surface area contributed by atoms with Crippen LogP contribution in [-0.2, 0) is 19.4 Å². The highest BCUT2D eigenvalue weighted by atomic mass is 32.2. The number of carboxylic acid groups (broad SMARTS) is 1. The summed E-state index contributed by atoms with van der Waals surface area (Å²) < 4.78 is 28.1. The maximum Gasteiger partial charge on any atom is 0.410 e. The highest BCUT2D eigenvalue weighted by Crippen LogP contribution is 2.16. The van der Waals surface area contributed by atoms with Crippen molar-refractivity contribution in [3.8, 4) is 0 Å². The third kappa shape index (κ3) is 3.59. The zero-order valence-electron chi connectivity index (χ0n) is 10.5.